The molecule has 5 nitrogen and oxygen atoms in total. The fraction of sp³-hybridized carbons (Fsp3) is 0.727. The van der Waals surface area contributed by atoms with Gasteiger partial charge in [0, 0.05) is 26.0 Å². The molecule has 1 rings (SSSR count). The van der Waals surface area contributed by atoms with Gasteiger partial charge in [0.1, 0.15) is 0 Å². The lowest BCUT2D eigenvalue weighted by Gasteiger charge is -2.16. The standard InChI is InChI=1S/C11H22N4O/c1-3-15-11(7-8-13-15)10(14-12)6-5-9-16-4-2/h7-8,10,14H,3-6,9,12H2,1-2H3. The second-order valence-corrected chi connectivity index (χ2v) is 3.63. The molecule has 16 heavy (non-hydrogen) atoms. The molecular formula is C11H22N4O. The molecule has 0 amide bonds. The SMILES string of the molecule is CCOCCCC(NN)c1ccnn1CC. The number of hydrogen-bond donors (Lipinski definition) is 2. The third kappa shape index (κ3) is 3.59. The Bertz CT molecular complexity index is 287. The van der Waals surface area contributed by atoms with E-state index in [0.29, 0.717) is 0 Å². The van der Waals surface area contributed by atoms with Gasteiger partial charge in [-0.1, -0.05) is 0 Å². The highest BCUT2D eigenvalue weighted by Gasteiger charge is 2.13. The number of hydrogen-bond acceptors (Lipinski definition) is 4. The fourth-order valence-electron chi connectivity index (χ4n) is 1.75. The molecule has 0 saturated heterocycles. The van der Waals surface area contributed by atoms with Crippen molar-refractivity contribution in [3.05, 3.63) is 18.0 Å². The third-order valence-corrected chi connectivity index (χ3v) is 2.59. The average molecular weight is 226 g/mol. The van der Waals surface area contributed by atoms with Crippen LogP contribution in [0.5, 0.6) is 0 Å². The first-order valence-corrected chi connectivity index (χ1v) is 5.89. The van der Waals surface area contributed by atoms with Crippen LogP contribution in [0.3, 0.4) is 0 Å². The van der Waals surface area contributed by atoms with Crippen LogP contribution in [0.25, 0.3) is 0 Å². The van der Waals surface area contributed by atoms with Crippen LogP contribution in [0.2, 0.25) is 0 Å². The van der Waals surface area contributed by atoms with Crippen molar-refractivity contribution in [1.82, 2.24) is 15.2 Å². The predicted molar refractivity (Wildman–Crippen MR) is 63.7 cm³/mol. The van der Waals surface area contributed by atoms with E-state index < -0.39 is 0 Å². The molecule has 0 bridgehead atoms. The van der Waals surface area contributed by atoms with E-state index in [1.54, 1.807) is 0 Å². The summed E-state index contributed by atoms with van der Waals surface area (Å²) in [6, 6.07) is 2.16. The van der Waals surface area contributed by atoms with Gasteiger partial charge in [0.15, 0.2) is 0 Å². The molecule has 0 spiro atoms. The van der Waals surface area contributed by atoms with Gasteiger partial charge < -0.3 is 4.74 Å². The van der Waals surface area contributed by atoms with Crippen molar-refractivity contribution in [3.63, 3.8) is 0 Å². The van der Waals surface area contributed by atoms with Crippen molar-refractivity contribution < 1.29 is 4.74 Å². The van der Waals surface area contributed by atoms with Crippen LogP contribution < -0.4 is 11.3 Å². The van der Waals surface area contributed by atoms with Crippen LogP contribution in [-0.4, -0.2) is 23.0 Å². The summed E-state index contributed by atoms with van der Waals surface area (Å²) in [5.74, 6) is 5.57. The fourth-order valence-corrected chi connectivity index (χ4v) is 1.75. The Balaban J connectivity index is 2.47. The lowest BCUT2D eigenvalue weighted by Crippen LogP contribution is -2.30. The number of ether oxygens (including phenoxy) is 1. The second-order valence-electron chi connectivity index (χ2n) is 3.63. The van der Waals surface area contributed by atoms with Crippen LogP contribution in [0.4, 0.5) is 0 Å². The quantitative estimate of drug-likeness (QED) is 0.397. The first kappa shape index (κ1) is 13.2. The van der Waals surface area contributed by atoms with Gasteiger partial charge in [0.2, 0.25) is 0 Å². The Morgan fingerprint density at radius 3 is 3.00 bits per heavy atom. The van der Waals surface area contributed by atoms with E-state index in [0.717, 1.165) is 38.3 Å². The molecule has 0 fully saturated rings. The number of aromatic nitrogens is 2. The summed E-state index contributed by atoms with van der Waals surface area (Å²) in [7, 11) is 0. The number of nitrogens with zero attached hydrogens (tertiary/aromatic N) is 2. The zero-order valence-electron chi connectivity index (χ0n) is 10.1. The molecular weight excluding hydrogens is 204 g/mol. The highest BCUT2D eigenvalue weighted by Crippen LogP contribution is 2.17. The molecule has 0 aliphatic rings. The Kier molecular flexibility index (Phi) is 6.07. The largest absolute Gasteiger partial charge is 0.382 e. The number of hydrazine groups is 1. The van der Waals surface area contributed by atoms with Gasteiger partial charge in [-0.15, -0.1) is 0 Å². The van der Waals surface area contributed by atoms with E-state index in [-0.39, 0.29) is 6.04 Å². The summed E-state index contributed by atoms with van der Waals surface area (Å²) in [6.07, 6.45) is 3.77. The van der Waals surface area contributed by atoms with Crippen molar-refractivity contribution in [1.29, 1.82) is 0 Å². The first-order valence-electron chi connectivity index (χ1n) is 5.89. The van der Waals surface area contributed by atoms with Crippen molar-refractivity contribution >= 4 is 0 Å². The Morgan fingerprint density at radius 1 is 1.56 bits per heavy atom. The number of aryl methyl sites for hydroxylation is 1. The Morgan fingerprint density at radius 2 is 2.38 bits per heavy atom. The molecule has 1 heterocycles. The minimum Gasteiger partial charge on any atom is -0.382 e. The van der Waals surface area contributed by atoms with Crippen LogP contribution in [0.15, 0.2) is 12.3 Å². The van der Waals surface area contributed by atoms with Crippen molar-refractivity contribution in [3.8, 4) is 0 Å². The smallest absolute Gasteiger partial charge is 0.0629 e. The summed E-state index contributed by atoms with van der Waals surface area (Å²) in [6.45, 7) is 6.50. The van der Waals surface area contributed by atoms with Gasteiger partial charge in [-0.2, -0.15) is 5.10 Å². The number of nitrogens with one attached hydrogen (secondary N) is 1. The monoisotopic (exact) mass is 226 g/mol. The maximum Gasteiger partial charge on any atom is 0.0629 e. The Labute approximate surface area is 96.9 Å². The van der Waals surface area contributed by atoms with Gasteiger partial charge >= 0.3 is 0 Å². The van der Waals surface area contributed by atoms with E-state index in [9.17, 15) is 0 Å². The normalized spacial score (nSPS) is 12.9. The zero-order chi connectivity index (χ0) is 11.8. The minimum absolute atomic E-state index is 0.155. The lowest BCUT2D eigenvalue weighted by atomic mass is 10.1. The molecule has 1 unspecified atom stereocenters. The van der Waals surface area contributed by atoms with Gasteiger partial charge in [-0.05, 0) is 32.8 Å². The number of rotatable bonds is 8. The predicted octanol–water partition coefficient (Wildman–Crippen LogP) is 1.22. The van der Waals surface area contributed by atoms with Gasteiger partial charge in [-0.25, -0.2) is 0 Å². The van der Waals surface area contributed by atoms with Crippen molar-refractivity contribution in [2.75, 3.05) is 13.2 Å². The molecule has 92 valence electrons. The molecule has 0 radical (unpaired) electrons. The molecule has 1 aromatic rings. The van der Waals surface area contributed by atoms with Crippen molar-refractivity contribution in [2.45, 2.75) is 39.3 Å². The van der Waals surface area contributed by atoms with Gasteiger partial charge in [0.25, 0.3) is 0 Å². The molecule has 1 atom stereocenters. The summed E-state index contributed by atoms with van der Waals surface area (Å²) >= 11 is 0. The summed E-state index contributed by atoms with van der Waals surface area (Å²) in [5, 5.41) is 4.24. The molecule has 0 aromatic carbocycles. The highest BCUT2D eigenvalue weighted by molar-refractivity contribution is 5.06. The van der Waals surface area contributed by atoms with E-state index in [2.05, 4.69) is 17.4 Å². The van der Waals surface area contributed by atoms with Crippen LogP contribution >= 0.6 is 0 Å². The van der Waals surface area contributed by atoms with E-state index in [1.807, 2.05) is 23.9 Å². The molecule has 3 N–H and O–H groups in total. The molecule has 5 heteroatoms. The topological polar surface area (TPSA) is 65.1 Å². The first-order chi connectivity index (χ1) is 7.83. The summed E-state index contributed by atoms with van der Waals surface area (Å²) < 4.78 is 7.27. The van der Waals surface area contributed by atoms with E-state index in [1.165, 1.54) is 0 Å². The minimum atomic E-state index is 0.155. The summed E-state index contributed by atoms with van der Waals surface area (Å²) in [5.41, 5.74) is 3.98. The number of nitrogens with two attached hydrogens (primary N) is 1. The van der Waals surface area contributed by atoms with Crippen LogP contribution in [0.1, 0.15) is 38.4 Å². The van der Waals surface area contributed by atoms with Crippen molar-refractivity contribution in [2.24, 2.45) is 5.84 Å². The molecule has 0 aliphatic carbocycles. The molecule has 1 aromatic heterocycles. The zero-order valence-corrected chi connectivity index (χ0v) is 10.1. The Hall–Kier alpha value is -0.910. The maximum absolute atomic E-state index is 5.57. The lowest BCUT2D eigenvalue weighted by molar-refractivity contribution is 0.140. The van der Waals surface area contributed by atoms with Crippen LogP contribution in [-0.2, 0) is 11.3 Å². The summed E-state index contributed by atoms with van der Waals surface area (Å²) in [4.78, 5) is 0. The average Bonchev–Trinajstić information content (AvgIpc) is 2.77. The highest BCUT2D eigenvalue weighted by atomic mass is 16.5. The maximum atomic E-state index is 5.57. The van der Waals surface area contributed by atoms with E-state index >= 15 is 0 Å². The molecule has 0 aliphatic heterocycles. The second kappa shape index (κ2) is 7.38. The third-order valence-electron chi connectivity index (χ3n) is 2.59. The van der Waals surface area contributed by atoms with Gasteiger partial charge in [-0.3, -0.25) is 16.0 Å². The van der Waals surface area contributed by atoms with Crippen LogP contribution in [0, 0.1) is 0 Å². The van der Waals surface area contributed by atoms with Gasteiger partial charge in [0.05, 0.1) is 11.7 Å². The van der Waals surface area contributed by atoms with E-state index in [4.69, 9.17) is 10.6 Å². The molecule has 0 saturated carbocycles.